The topological polar surface area (TPSA) is 63.7 Å². The van der Waals surface area contributed by atoms with Crippen molar-refractivity contribution >= 4 is 27.1 Å². The molecule has 1 aromatic carbocycles. The summed E-state index contributed by atoms with van der Waals surface area (Å²) in [6.07, 6.45) is 0.490. The molecule has 0 radical (unpaired) electrons. The third kappa shape index (κ3) is 4.83. The van der Waals surface area contributed by atoms with Crippen LogP contribution >= 0.6 is 11.3 Å². The van der Waals surface area contributed by atoms with Crippen molar-refractivity contribution < 1.29 is 17.9 Å². The Morgan fingerprint density at radius 3 is 2.64 bits per heavy atom. The predicted molar refractivity (Wildman–Crippen MR) is 98.6 cm³/mol. The van der Waals surface area contributed by atoms with Crippen LogP contribution < -0.4 is 4.74 Å². The average Bonchev–Trinajstić information content (AvgIpc) is 3.21. The highest BCUT2D eigenvalue weighted by atomic mass is 32.2. The number of sulfone groups is 1. The Labute approximate surface area is 152 Å². The Kier molecular flexibility index (Phi) is 5.44. The second-order valence-electron chi connectivity index (χ2n) is 6.26. The molecule has 134 valence electrons. The van der Waals surface area contributed by atoms with Gasteiger partial charge < -0.3 is 9.64 Å². The molecule has 1 aromatic heterocycles. The van der Waals surface area contributed by atoms with Gasteiger partial charge in [-0.3, -0.25) is 4.79 Å². The third-order valence-electron chi connectivity index (χ3n) is 4.26. The number of rotatable bonds is 6. The van der Waals surface area contributed by atoms with Gasteiger partial charge in [0, 0.05) is 10.9 Å². The Bertz CT molecular complexity index is 813. The van der Waals surface area contributed by atoms with Crippen LogP contribution in [-0.2, 0) is 21.2 Å². The number of hydrogen-bond donors (Lipinski definition) is 0. The fourth-order valence-electron chi connectivity index (χ4n) is 2.88. The van der Waals surface area contributed by atoms with Gasteiger partial charge in [0.15, 0.2) is 16.4 Å². The molecular formula is C18H21NO4S2. The summed E-state index contributed by atoms with van der Waals surface area (Å²) in [5, 5.41) is 1.95. The molecule has 2 aromatic rings. The molecule has 0 unspecified atom stereocenters. The van der Waals surface area contributed by atoms with Crippen molar-refractivity contribution in [2.45, 2.75) is 25.9 Å². The lowest BCUT2D eigenvalue weighted by Crippen LogP contribution is -2.42. The standard InChI is InChI=1S/C18H21NO4S2/c1-14-4-6-16(7-5-14)23-12-18(20)19(11-17-3-2-9-24-17)15-8-10-25(21,22)13-15/h2-7,9,15H,8,10-13H2,1H3/t15-/m0/s1. The van der Waals surface area contributed by atoms with E-state index < -0.39 is 9.84 Å². The number of ether oxygens (including phenoxy) is 1. The first kappa shape index (κ1) is 17.9. The van der Waals surface area contributed by atoms with E-state index in [0.29, 0.717) is 18.7 Å². The minimum atomic E-state index is -3.06. The molecule has 2 heterocycles. The second kappa shape index (κ2) is 7.58. The Morgan fingerprint density at radius 2 is 2.04 bits per heavy atom. The molecule has 0 saturated carbocycles. The van der Waals surface area contributed by atoms with Crippen LogP contribution in [0.3, 0.4) is 0 Å². The minimum Gasteiger partial charge on any atom is -0.484 e. The summed E-state index contributed by atoms with van der Waals surface area (Å²) in [7, 11) is -3.06. The van der Waals surface area contributed by atoms with E-state index in [-0.39, 0.29) is 30.1 Å². The summed E-state index contributed by atoms with van der Waals surface area (Å²) in [5.74, 6) is 0.629. The molecule has 1 fully saturated rings. The molecule has 7 heteroatoms. The zero-order valence-corrected chi connectivity index (χ0v) is 15.7. The molecule has 5 nitrogen and oxygen atoms in total. The molecule has 1 aliphatic heterocycles. The normalized spacial score (nSPS) is 18.8. The number of carbonyl (C=O) groups excluding carboxylic acids is 1. The quantitative estimate of drug-likeness (QED) is 0.774. The van der Waals surface area contributed by atoms with Gasteiger partial charge in [0.2, 0.25) is 0 Å². The lowest BCUT2D eigenvalue weighted by molar-refractivity contribution is -0.135. The Hall–Kier alpha value is -1.86. The SMILES string of the molecule is Cc1ccc(OCC(=O)N(Cc2cccs2)[C@H]2CCS(=O)(=O)C2)cc1. The van der Waals surface area contributed by atoms with Gasteiger partial charge in [0.1, 0.15) is 5.75 Å². The molecule has 1 amide bonds. The van der Waals surface area contributed by atoms with Crippen molar-refractivity contribution in [2.24, 2.45) is 0 Å². The van der Waals surface area contributed by atoms with Gasteiger partial charge in [-0.15, -0.1) is 11.3 Å². The summed E-state index contributed by atoms with van der Waals surface area (Å²) >= 11 is 1.56. The fourth-order valence-corrected chi connectivity index (χ4v) is 5.31. The van der Waals surface area contributed by atoms with E-state index in [1.54, 1.807) is 16.2 Å². The molecular weight excluding hydrogens is 358 g/mol. The van der Waals surface area contributed by atoms with Crippen LogP contribution in [-0.4, -0.2) is 43.4 Å². The van der Waals surface area contributed by atoms with Crippen molar-refractivity contribution in [1.29, 1.82) is 0 Å². The van der Waals surface area contributed by atoms with E-state index in [1.807, 2.05) is 48.7 Å². The number of carbonyl (C=O) groups is 1. The first-order valence-electron chi connectivity index (χ1n) is 8.15. The highest BCUT2D eigenvalue weighted by Crippen LogP contribution is 2.22. The van der Waals surface area contributed by atoms with Crippen LogP contribution in [0.15, 0.2) is 41.8 Å². The molecule has 0 spiro atoms. The molecule has 3 rings (SSSR count). The van der Waals surface area contributed by atoms with Crippen molar-refractivity contribution in [3.05, 3.63) is 52.2 Å². The van der Waals surface area contributed by atoms with Crippen molar-refractivity contribution in [3.63, 3.8) is 0 Å². The van der Waals surface area contributed by atoms with Gasteiger partial charge in [0.25, 0.3) is 5.91 Å². The molecule has 1 aliphatic rings. The monoisotopic (exact) mass is 379 g/mol. The number of amides is 1. The van der Waals surface area contributed by atoms with Crippen LogP contribution in [0.5, 0.6) is 5.75 Å². The summed E-state index contributed by atoms with van der Waals surface area (Å²) in [4.78, 5) is 15.4. The maximum Gasteiger partial charge on any atom is 0.261 e. The number of benzene rings is 1. The summed E-state index contributed by atoms with van der Waals surface area (Å²) in [5.41, 5.74) is 1.12. The molecule has 25 heavy (non-hydrogen) atoms. The maximum absolute atomic E-state index is 12.7. The van der Waals surface area contributed by atoms with E-state index in [4.69, 9.17) is 4.74 Å². The molecule has 0 aliphatic carbocycles. The van der Waals surface area contributed by atoms with Gasteiger partial charge >= 0.3 is 0 Å². The van der Waals surface area contributed by atoms with E-state index >= 15 is 0 Å². The Morgan fingerprint density at radius 1 is 1.28 bits per heavy atom. The molecule has 1 atom stereocenters. The first-order chi connectivity index (χ1) is 11.9. The first-order valence-corrected chi connectivity index (χ1v) is 10.8. The molecule has 0 N–H and O–H groups in total. The predicted octanol–water partition coefficient (Wildman–Crippen LogP) is 2.65. The summed E-state index contributed by atoms with van der Waals surface area (Å²) in [6, 6.07) is 11.1. The van der Waals surface area contributed by atoms with Crippen LogP contribution in [0.25, 0.3) is 0 Å². The smallest absolute Gasteiger partial charge is 0.261 e. The zero-order valence-electron chi connectivity index (χ0n) is 14.1. The number of hydrogen-bond acceptors (Lipinski definition) is 5. The average molecular weight is 380 g/mol. The number of nitrogens with zero attached hydrogens (tertiary/aromatic N) is 1. The van der Waals surface area contributed by atoms with E-state index in [0.717, 1.165) is 10.4 Å². The van der Waals surface area contributed by atoms with Crippen LogP contribution in [0.1, 0.15) is 16.9 Å². The van der Waals surface area contributed by atoms with Gasteiger partial charge in [-0.2, -0.15) is 0 Å². The van der Waals surface area contributed by atoms with Crippen molar-refractivity contribution in [2.75, 3.05) is 18.1 Å². The number of thiophene rings is 1. The highest BCUT2D eigenvalue weighted by molar-refractivity contribution is 7.91. The zero-order chi connectivity index (χ0) is 17.9. The van der Waals surface area contributed by atoms with Gasteiger partial charge in [-0.25, -0.2) is 8.42 Å². The van der Waals surface area contributed by atoms with E-state index in [9.17, 15) is 13.2 Å². The molecule has 1 saturated heterocycles. The minimum absolute atomic E-state index is 0.0364. The van der Waals surface area contributed by atoms with Crippen LogP contribution in [0.4, 0.5) is 0 Å². The lowest BCUT2D eigenvalue weighted by Gasteiger charge is -2.28. The third-order valence-corrected chi connectivity index (χ3v) is 6.87. The second-order valence-corrected chi connectivity index (χ2v) is 9.52. The van der Waals surface area contributed by atoms with Crippen LogP contribution in [0, 0.1) is 6.92 Å². The lowest BCUT2D eigenvalue weighted by atomic mass is 10.2. The largest absolute Gasteiger partial charge is 0.484 e. The maximum atomic E-state index is 12.7. The van der Waals surface area contributed by atoms with Crippen LogP contribution in [0.2, 0.25) is 0 Å². The van der Waals surface area contributed by atoms with Gasteiger partial charge in [-0.05, 0) is 36.9 Å². The van der Waals surface area contributed by atoms with E-state index in [1.165, 1.54) is 0 Å². The van der Waals surface area contributed by atoms with E-state index in [2.05, 4.69) is 0 Å². The van der Waals surface area contributed by atoms with Crippen molar-refractivity contribution in [3.8, 4) is 5.75 Å². The number of aryl methyl sites for hydroxylation is 1. The highest BCUT2D eigenvalue weighted by Gasteiger charge is 2.34. The fraction of sp³-hybridized carbons (Fsp3) is 0.389. The summed E-state index contributed by atoms with van der Waals surface area (Å²) < 4.78 is 29.2. The van der Waals surface area contributed by atoms with Gasteiger partial charge in [0.05, 0.1) is 18.1 Å². The van der Waals surface area contributed by atoms with Crippen molar-refractivity contribution in [1.82, 2.24) is 4.90 Å². The summed E-state index contributed by atoms with van der Waals surface area (Å²) in [6.45, 7) is 2.32. The molecule has 0 bridgehead atoms. The van der Waals surface area contributed by atoms with Gasteiger partial charge in [-0.1, -0.05) is 23.8 Å². The Balaban J connectivity index is 1.69.